The third-order valence-electron chi connectivity index (χ3n) is 2.21. The summed E-state index contributed by atoms with van der Waals surface area (Å²) in [6.45, 7) is -0.117. The van der Waals surface area contributed by atoms with Crippen LogP contribution in [0.15, 0.2) is 24.3 Å². The molecule has 0 heterocycles. The lowest BCUT2D eigenvalue weighted by Gasteiger charge is -2.16. The molecule has 1 unspecified atom stereocenters. The summed E-state index contributed by atoms with van der Waals surface area (Å²) in [5.74, 6) is 0. The molecule has 0 spiro atoms. The number of nitrogens with two attached hydrogens (primary N) is 1. The van der Waals surface area contributed by atoms with Gasteiger partial charge in [-0.05, 0) is 24.6 Å². The Balaban J connectivity index is 2.68. The molecule has 0 aliphatic carbocycles. The molecule has 0 aliphatic rings. The molecule has 1 aromatic rings. The van der Waals surface area contributed by atoms with E-state index in [4.69, 9.17) is 5.73 Å². The number of nitrogens with one attached hydrogen (secondary N) is 2. The van der Waals surface area contributed by atoms with Crippen molar-refractivity contribution in [1.29, 1.82) is 0 Å². The van der Waals surface area contributed by atoms with E-state index in [2.05, 4.69) is 4.72 Å². The normalized spacial score (nSPS) is 14.3. The SMILES string of the molecule is CC(NS(=O)(=O)NCC(F)(F)F)c1cccc(N)c1. The van der Waals surface area contributed by atoms with Crippen LogP contribution in [0.3, 0.4) is 0 Å². The van der Waals surface area contributed by atoms with Crippen LogP contribution >= 0.6 is 0 Å². The van der Waals surface area contributed by atoms with Gasteiger partial charge in [0.1, 0.15) is 6.54 Å². The van der Waals surface area contributed by atoms with Gasteiger partial charge >= 0.3 is 6.18 Å². The van der Waals surface area contributed by atoms with Crippen LogP contribution in [-0.4, -0.2) is 21.1 Å². The molecule has 1 rings (SSSR count). The smallest absolute Gasteiger partial charge is 0.399 e. The maximum Gasteiger partial charge on any atom is 0.402 e. The lowest BCUT2D eigenvalue weighted by molar-refractivity contribution is -0.121. The number of anilines is 1. The molecule has 1 atom stereocenters. The van der Waals surface area contributed by atoms with Gasteiger partial charge in [0, 0.05) is 11.7 Å². The average Bonchev–Trinajstić information content (AvgIpc) is 2.25. The minimum atomic E-state index is -4.60. The molecular weight excluding hydrogens is 283 g/mol. The number of benzene rings is 1. The fourth-order valence-corrected chi connectivity index (χ4v) is 2.39. The van der Waals surface area contributed by atoms with E-state index >= 15 is 0 Å². The highest BCUT2D eigenvalue weighted by Gasteiger charge is 2.29. The molecule has 0 bridgehead atoms. The topological polar surface area (TPSA) is 84.2 Å². The molecule has 0 fully saturated rings. The summed E-state index contributed by atoms with van der Waals surface area (Å²) >= 11 is 0. The lowest BCUT2D eigenvalue weighted by Crippen LogP contribution is -2.42. The molecule has 19 heavy (non-hydrogen) atoms. The number of rotatable bonds is 5. The Kier molecular flexibility index (Phi) is 4.77. The van der Waals surface area contributed by atoms with E-state index in [0.29, 0.717) is 11.3 Å². The van der Waals surface area contributed by atoms with Crippen LogP contribution in [0.4, 0.5) is 18.9 Å². The highest BCUT2D eigenvalue weighted by atomic mass is 32.2. The van der Waals surface area contributed by atoms with E-state index in [1.165, 1.54) is 17.7 Å². The number of halogens is 3. The van der Waals surface area contributed by atoms with Gasteiger partial charge in [-0.3, -0.25) is 0 Å². The summed E-state index contributed by atoms with van der Waals surface area (Å²) in [6.07, 6.45) is -4.60. The Morgan fingerprint density at radius 3 is 2.53 bits per heavy atom. The van der Waals surface area contributed by atoms with Crippen LogP contribution in [0, 0.1) is 0 Å². The fourth-order valence-electron chi connectivity index (χ4n) is 1.35. The van der Waals surface area contributed by atoms with Crippen LogP contribution in [0.2, 0.25) is 0 Å². The molecular formula is C10H14F3N3O2S. The van der Waals surface area contributed by atoms with E-state index in [0.717, 1.165) is 0 Å². The second-order valence-electron chi connectivity index (χ2n) is 3.95. The first kappa shape index (κ1) is 15.7. The van der Waals surface area contributed by atoms with E-state index in [-0.39, 0.29) is 0 Å². The fraction of sp³-hybridized carbons (Fsp3) is 0.400. The molecule has 5 nitrogen and oxygen atoms in total. The molecule has 108 valence electrons. The molecule has 0 aromatic heterocycles. The average molecular weight is 297 g/mol. The van der Waals surface area contributed by atoms with Crippen LogP contribution in [0.5, 0.6) is 0 Å². The van der Waals surface area contributed by atoms with Crippen molar-refractivity contribution < 1.29 is 21.6 Å². The van der Waals surface area contributed by atoms with E-state index in [9.17, 15) is 21.6 Å². The van der Waals surface area contributed by atoms with Crippen LogP contribution in [-0.2, 0) is 10.2 Å². The molecule has 0 saturated heterocycles. The zero-order valence-electron chi connectivity index (χ0n) is 10.0. The van der Waals surface area contributed by atoms with Crippen molar-refractivity contribution in [3.63, 3.8) is 0 Å². The van der Waals surface area contributed by atoms with Gasteiger partial charge in [-0.1, -0.05) is 12.1 Å². The number of nitrogen functional groups attached to an aromatic ring is 1. The number of hydrogen-bond acceptors (Lipinski definition) is 3. The van der Waals surface area contributed by atoms with Gasteiger partial charge in [0.25, 0.3) is 10.2 Å². The van der Waals surface area contributed by atoms with Crippen molar-refractivity contribution in [2.24, 2.45) is 0 Å². The zero-order chi connectivity index (χ0) is 14.7. The first-order valence-electron chi connectivity index (χ1n) is 5.28. The molecule has 0 saturated carbocycles. The summed E-state index contributed by atoms with van der Waals surface area (Å²) in [4.78, 5) is 0. The van der Waals surface area contributed by atoms with Crippen molar-refractivity contribution in [2.75, 3.05) is 12.3 Å². The van der Waals surface area contributed by atoms with Crippen molar-refractivity contribution in [3.05, 3.63) is 29.8 Å². The van der Waals surface area contributed by atoms with Crippen molar-refractivity contribution in [1.82, 2.24) is 9.44 Å². The molecule has 0 radical (unpaired) electrons. The van der Waals surface area contributed by atoms with Crippen molar-refractivity contribution in [3.8, 4) is 0 Å². The summed E-state index contributed by atoms with van der Waals surface area (Å²) in [7, 11) is -4.24. The molecule has 9 heteroatoms. The minimum Gasteiger partial charge on any atom is -0.399 e. The first-order valence-corrected chi connectivity index (χ1v) is 6.76. The molecule has 4 N–H and O–H groups in total. The second-order valence-corrected chi connectivity index (χ2v) is 5.48. The first-order chi connectivity index (χ1) is 8.59. The van der Waals surface area contributed by atoms with Crippen LogP contribution in [0.25, 0.3) is 0 Å². The largest absolute Gasteiger partial charge is 0.402 e. The van der Waals surface area contributed by atoms with Gasteiger partial charge < -0.3 is 5.73 Å². The predicted octanol–water partition coefficient (Wildman–Crippen LogP) is 1.32. The third-order valence-corrected chi connectivity index (χ3v) is 3.39. The zero-order valence-corrected chi connectivity index (χ0v) is 10.8. The summed E-state index contributed by atoms with van der Waals surface area (Å²) in [5, 5.41) is 0. The Bertz CT molecular complexity index is 531. The van der Waals surface area contributed by atoms with Crippen molar-refractivity contribution in [2.45, 2.75) is 19.1 Å². The Labute approximate surface area is 109 Å². The van der Waals surface area contributed by atoms with Crippen LogP contribution < -0.4 is 15.2 Å². The van der Waals surface area contributed by atoms with Gasteiger partial charge in [0.15, 0.2) is 0 Å². The van der Waals surface area contributed by atoms with Crippen molar-refractivity contribution >= 4 is 15.9 Å². The number of alkyl halides is 3. The maximum atomic E-state index is 11.9. The molecule has 1 aromatic carbocycles. The van der Waals surface area contributed by atoms with E-state index in [1.807, 2.05) is 0 Å². The van der Waals surface area contributed by atoms with Gasteiger partial charge in [-0.25, -0.2) is 0 Å². The predicted molar refractivity (Wildman–Crippen MR) is 65.4 cm³/mol. The Morgan fingerprint density at radius 2 is 2.00 bits per heavy atom. The van der Waals surface area contributed by atoms with Gasteiger partial charge in [0.05, 0.1) is 0 Å². The number of hydrogen-bond donors (Lipinski definition) is 3. The standard InChI is InChI=1S/C10H14F3N3O2S/c1-7(8-3-2-4-9(14)5-8)16-19(17,18)15-6-10(11,12)13/h2-5,7,15-16H,6,14H2,1H3. The summed E-state index contributed by atoms with van der Waals surface area (Å²) in [6, 6.07) is 5.70. The Hall–Kier alpha value is -1.32. The van der Waals surface area contributed by atoms with Crippen LogP contribution in [0.1, 0.15) is 18.5 Å². The summed E-state index contributed by atoms with van der Waals surface area (Å²) < 4.78 is 62.1. The highest BCUT2D eigenvalue weighted by molar-refractivity contribution is 7.87. The third kappa shape index (κ3) is 5.90. The van der Waals surface area contributed by atoms with Gasteiger partial charge in [-0.2, -0.15) is 31.0 Å². The van der Waals surface area contributed by atoms with Gasteiger partial charge in [-0.15, -0.1) is 0 Å². The molecule has 0 aliphatic heterocycles. The summed E-state index contributed by atoms with van der Waals surface area (Å²) in [5.41, 5.74) is 6.52. The minimum absolute atomic E-state index is 0.437. The lowest BCUT2D eigenvalue weighted by atomic mass is 10.1. The monoisotopic (exact) mass is 297 g/mol. The van der Waals surface area contributed by atoms with E-state index < -0.39 is 29.0 Å². The quantitative estimate of drug-likeness (QED) is 0.717. The highest BCUT2D eigenvalue weighted by Crippen LogP contribution is 2.16. The van der Waals surface area contributed by atoms with E-state index in [1.54, 1.807) is 18.2 Å². The van der Waals surface area contributed by atoms with Gasteiger partial charge in [0.2, 0.25) is 0 Å². The maximum absolute atomic E-state index is 11.9. The second kappa shape index (κ2) is 5.76. The Morgan fingerprint density at radius 1 is 1.37 bits per heavy atom. The molecule has 0 amide bonds.